The minimum Gasteiger partial charge on any atom is -0.309 e. The highest BCUT2D eigenvalue weighted by molar-refractivity contribution is 5.35. The molecule has 0 fully saturated rings. The summed E-state index contributed by atoms with van der Waals surface area (Å²) < 4.78 is 0. The molecule has 1 atom stereocenters. The number of hydrogen-bond donors (Lipinski definition) is 1. The Hall–Kier alpha value is -1.60. The fourth-order valence-electron chi connectivity index (χ4n) is 2.83. The van der Waals surface area contributed by atoms with E-state index in [1.807, 2.05) is 0 Å². The fourth-order valence-corrected chi connectivity index (χ4v) is 2.83. The zero-order valence-corrected chi connectivity index (χ0v) is 10.8. The Morgan fingerprint density at radius 3 is 2.72 bits per heavy atom. The molecular formula is C17H19N. The fraction of sp³-hybridized carbons (Fsp3) is 0.294. The molecule has 0 aliphatic carbocycles. The Kier molecular flexibility index (Phi) is 3.16. The van der Waals surface area contributed by atoms with E-state index in [-0.39, 0.29) is 0 Å². The lowest BCUT2D eigenvalue weighted by Crippen LogP contribution is -2.31. The number of aryl methyl sites for hydroxylation is 1. The molecule has 1 aliphatic heterocycles. The Morgan fingerprint density at radius 1 is 1.06 bits per heavy atom. The largest absolute Gasteiger partial charge is 0.309 e. The van der Waals surface area contributed by atoms with Crippen LogP contribution in [0.5, 0.6) is 0 Å². The van der Waals surface area contributed by atoms with Crippen LogP contribution in [0.4, 0.5) is 0 Å². The maximum atomic E-state index is 3.65. The van der Waals surface area contributed by atoms with E-state index in [1.165, 1.54) is 22.3 Å². The summed E-state index contributed by atoms with van der Waals surface area (Å²) in [6.07, 6.45) is 2.24. The van der Waals surface area contributed by atoms with Crippen LogP contribution in [0.1, 0.15) is 28.3 Å². The van der Waals surface area contributed by atoms with Crippen LogP contribution in [0.2, 0.25) is 0 Å². The molecule has 1 heteroatoms. The molecule has 1 nitrogen and oxygen atoms in total. The zero-order chi connectivity index (χ0) is 12.4. The highest BCUT2D eigenvalue weighted by atomic mass is 14.9. The van der Waals surface area contributed by atoms with Gasteiger partial charge in [-0.25, -0.2) is 0 Å². The lowest BCUT2D eigenvalue weighted by Gasteiger charge is -2.27. The highest BCUT2D eigenvalue weighted by Crippen LogP contribution is 2.26. The van der Waals surface area contributed by atoms with Crippen LogP contribution in [0.25, 0.3) is 0 Å². The van der Waals surface area contributed by atoms with E-state index >= 15 is 0 Å². The van der Waals surface area contributed by atoms with Crippen molar-refractivity contribution in [2.75, 3.05) is 6.54 Å². The van der Waals surface area contributed by atoms with Crippen molar-refractivity contribution in [3.63, 3.8) is 0 Å². The molecule has 2 aromatic carbocycles. The molecule has 0 saturated heterocycles. The van der Waals surface area contributed by atoms with Crippen LogP contribution >= 0.6 is 0 Å². The Morgan fingerprint density at radius 2 is 1.83 bits per heavy atom. The third-order valence-corrected chi connectivity index (χ3v) is 3.90. The first-order valence-corrected chi connectivity index (χ1v) is 6.70. The van der Waals surface area contributed by atoms with Crippen molar-refractivity contribution in [2.45, 2.75) is 25.8 Å². The average Bonchev–Trinajstić information content (AvgIpc) is 2.42. The van der Waals surface area contributed by atoms with E-state index in [9.17, 15) is 0 Å². The molecule has 0 amide bonds. The van der Waals surface area contributed by atoms with Gasteiger partial charge in [0.1, 0.15) is 0 Å². The van der Waals surface area contributed by atoms with Gasteiger partial charge < -0.3 is 5.32 Å². The lowest BCUT2D eigenvalue weighted by molar-refractivity contribution is 0.502. The molecule has 3 rings (SSSR count). The van der Waals surface area contributed by atoms with Crippen molar-refractivity contribution >= 4 is 0 Å². The van der Waals surface area contributed by atoms with Gasteiger partial charge in [0.05, 0.1) is 0 Å². The normalized spacial score (nSPS) is 18.4. The molecule has 1 aliphatic rings. The number of hydrogen-bond acceptors (Lipinski definition) is 1. The van der Waals surface area contributed by atoms with Crippen LogP contribution in [-0.4, -0.2) is 6.54 Å². The van der Waals surface area contributed by atoms with Crippen LogP contribution in [0, 0.1) is 6.92 Å². The lowest BCUT2D eigenvalue weighted by atomic mass is 9.89. The molecule has 92 valence electrons. The van der Waals surface area contributed by atoms with E-state index in [1.54, 1.807) is 0 Å². The first-order chi connectivity index (χ1) is 8.84. The van der Waals surface area contributed by atoms with Crippen LogP contribution in [-0.2, 0) is 12.8 Å². The molecule has 1 heterocycles. The molecule has 0 unspecified atom stereocenters. The molecule has 0 spiro atoms. The minimum atomic E-state index is 0.469. The quantitative estimate of drug-likeness (QED) is 0.844. The van der Waals surface area contributed by atoms with Gasteiger partial charge in [-0.15, -0.1) is 0 Å². The van der Waals surface area contributed by atoms with Crippen molar-refractivity contribution in [3.05, 3.63) is 70.8 Å². The smallest absolute Gasteiger partial charge is 0.0363 e. The van der Waals surface area contributed by atoms with Gasteiger partial charge in [-0.05, 0) is 48.6 Å². The van der Waals surface area contributed by atoms with Gasteiger partial charge in [0.15, 0.2) is 0 Å². The third-order valence-electron chi connectivity index (χ3n) is 3.90. The molecule has 0 saturated carbocycles. The highest BCUT2D eigenvalue weighted by Gasteiger charge is 2.19. The summed E-state index contributed by atoms with van der Waals surface area (Å²) in [7, 11) is 0. The van der Waals surface area contributed by atoms with Gasteiger partial charge in [0, 0.05) is 6.04 Å². The summed E-state index contributed by atoms with van der Waals surface area (Å²) in [5, 5.41) is 3.65. The summed E-state index contributed by atoms with van der Waals surface area (Å²) in [5.74, 6) is 0. The minimum absolute atomic E-state index is 0.469. The van der Waals surface area contributed by atoms with Crippen molar-refractivity contribution < 1.29 is 0 Å². The van der Waals surface area contributed by atoms with Crippen LogP contribution < -0.4 is 5.32 Å². The second kappa shape index (κ2) is 4.95. The van der Waals surface area contributed by atoms with Gasteiger partial charge in [0.2, 0.25) is 0 Å². The summed E-state index contributed by atoms with van der Waals surface area (Å²) >= 11 is 0. The second-order valence-corrected chi connectivity index (χ2v) is 5.09. The van der Waals surface area contributed by atoms with E-state index in [0.717, 1.165) is 19.4 Å². The summed E-state index contributed by atoms with van der Waals surface area (Å²) in [6.45, 7) is 3.29. The van der Waals surface area contributed by atoms with Gasteiger partial charge in [-0.1, -0.05) is 48.5 Å². The number of benzene rings is 2. The molecular weight excluding hydrogens is 218 g/mol. The first kappa shape index (κ1) is 11.5. The molecule has 2 aromatic rings. The predicted molar refractivity (Wildman–Crippen MR) is 75.8 cm³/mol. The Balaban J connectivity index is 1.89. The topological polar surface area (TPSA) is 12.0 Å². The van der Waals surface area contributed by atoms with Crippen molar-refractivity contribution in [1.82, 2.24) is 5.32 Å². The molecule has 1 N–H and O–H groups in total. The van der Waals surface area contributed by atoms with E-state index in [0.29, 0.717) is 6.04 Å². The average molecular weight is 237 g/mol. The predicted octanol–water partition coefficient (Wildman–Crippen LogP) is 3.42. The van der Waals surface area contributed by atoms with Crippen LogP contribution in [0.3, 0.4) is 0 Å². The third kappa shape index (κ3) is 2.19. The molecule has 0 bridgehead atoms. The Bertz CT molecular complexity index is 545. The molecule has 0 aromatic heterocycles. The van der Waals surface area contributed by atoms with Crippen LogP contribution in [0.15, 0.2) is 48.5 Å². The summed E-state index contributed by atoms with van der Waals surface area (Å²) in [5.41, 5.74) is 5.83. The summed E-state index contributed by atoms with van der Waals surface area (Å²) in [4.78, 5) is 0. The second-order valence-electron chi connectivity index (χ2n) is 5.09. The maximum Gasteiger partial charge on any atom is 0.0363 e. The standard InChI is InChI=1S/C17H19N/c1-13-6-2-3-8-15(13)12-17-16-9-5-4-7-14(16)10-11-18-17/h2-9,17-18H,10-12H2,1H3/t17-/m1/s1. The van der Waals surface area contributed by atoms with Crippen molar-refractivity contribution in [3.8, 4) is 0 Å². The molecule has 0 radical (unpaired) electrons. The van der Waals surface area contributed by atoms with Crippen molar-refractivity contribution in [1.29, 1.82) is 0 Å². The number of fused-ring (bicyclic) bond motifs is 1. The van der Waals surface area contributed by atoms with Gasteiger partial charge in [-0.2, -0.15) is 0 Å². The SMILES string of the molecule is Cc1ccccc1C[C@H]1NCCc2ccccc21. The maximum absolute atomic E-state index is 3.65. The molecule has 18 heavy (non-hydrogen) atoms. The van der Waals surface area contributed by atoms with E-state index in [4.69, 9.17) is 0 Å². The van der Waals surface area contributed by atoms with Gasteiger partial charge >= 0.3 is 0 Å². The van der Waals surface area contributed by atoms with Gasteiger partial charge in [-0.3, -0.25) is 0 Å². The first-order valence-electron chi connectivity index (χ1n) is 6.70. The summed E-state index contributed by atoms with van der Waals surface area (Å²) in [6, 6.07) is 18.0. The number of rotatable bonds is 2. The number of nitrogens with one attached hydrogen (secondary N) is 1. The zero-order valence-electron chi connectivity index (χ0n) is 10.8. The monoisotopic (exact) mass is 237 g/mol. The van der Waals surface area contributed by atoms with E-state index < -0.39 is 0 Å². The van der Waals surface area contributed by atoms with Crippen molar-refractivity contribution in [2.24, 2.45) is 0 Å². The van der Waals surface area contributed by atoms with Gasteiger partial charge in [0.25, 0.3) is 0 Å². The Labute approximate surface area is 109 Å². The van der Waals surface area contributed by atoms with E-state index in [2.05, 4.69) is 60.8 Å².